The number of carbonyl (C=O) groups is 1. The molecule has 0 bridgehead atoms. The van der Waals surface area contributed by atoms with E-state index in [0.717, 1.165) is 35.1 Å². The number of fused-ring (bicyclic) bond motifs is 1. The zero-order valence-corrected chi connectivity index (χ0v) is 14.0. The molecule has 1 aromatic heterocycles. The van der Waals surface area contributed by atoms with Crippen LogP contribution in [0.25, 0.3) is 11.1 Å². The van der Waals surface area contributed by atoms with Crippen LogP contribution in [-0.4, -0.2) is 29.3 Å². The van der Waals surface area contributed by atoms with Crippen molar-refractivity contribution < 1.29 is 4.79 Å². The Bertz CT molecular complexity index is 841. The Labute approximate surface area is 146 Å². The van der Waals surface area contributed by atoms with Crippen molar-refractivity contribution in [2.45, 2.75) is 31.8 Å². The molecule has 6 heteroatoms. The molecule has 2 aliphatic rings. The average Bonchev–Trinajstić information content (AvgIpc) is 2.80. The minimum Gasteiger partial charge on any atom is -0.397 e. The summed E-state index contributed by atoms with van der Waals surface area (Å²) in [7, 11) is 0. The number of nitrogens with two attached hydrogens (primary N) is 1. The van der Waals surface area contributed by atoms with Crippen molar-refractivity contribution in [1.29, 1.82) is 0 Å². The van der Waals surface area contributed by atoms with E-state index in [1.165, 1.54) is 6.42 Å². The van der Waals surface area contributed by atoms with Gasteiger partial charge < -0.3 is 11.1 Å². The van der Waals surface area contributed by atoms with Crippen LogP contribution >= 0.6 is 0 Å². The van der Waals surface area contributed by atoms with Crippen molar-refractivity contribution in [2.24, 2.45) is 4.99 Å². The van der Waals surface area contributed by atoms with Crippen molar-refractivity contribution in [1.82, 2.24) is 15.6 Å². The van der Waals surface area contributed by atoms with Crippen molar-refractivity contribution >= 4 is 17.3 Å². The van der Waals surface area contributed by atoms with Gasteiger partial charge in [0.1, 0.15) is 5.71 Å². The van der Waals surface area contributed by atoms with E-state index in [-0.39, 0.29) is 11.9 Å². The summed E-state index contributed by atoms with van der Waals surface area (Å²) in [4.78, 5) is 21.4. The number of aliphatic imine (C=N–C) groups is 1. The van der Waals surface area contributed by atoms with Crippen LogP contribution in [0.1, 0.15) is 30.4 Å². The second-order valence-electron chi connectivity index (χ2n) is 6.57. The van der Waals surface area contributed by atoms with Gasteiger partial charge in [-0.3, -0.25) is 20.1 Å². The number of hydrogen-bond acceptors (Lipinski definition) is 5. The molecule has 0 spiro atoms. The number of rotatable bonds is 3. The van der Waals surface area contributed by atoms with Gasteiger partial charge >= 0.3 is 0 Å². The number of nitrogens with one attached hydrogen (secondary N) is 2. The molecule has 0 atom stereocenters. The lowest BCUT2D eigenvalue weighted by Crippen LogP contribution is -2.43. The van der Waals surface area contributed by atoms with Gasteiger partial charge in [0.05, 0.1) is 12.4 Å². The quantitative estimate of drug-likeness (QED) is 0.798. The van der Waals surface area contributed by atoms with Gasteiger partial charge in [-0.25, -0.2) is 0 Å². The second-order valence-corrected chi connectivity index (χ2v) is 6.57. The maximum absolute atomic E-state index is 12.7. The largest absolute Gasteiger partial charge is 0.397 e. The number of aromatic nitrogens is 1. The SMILES string of the molecule is Nc1cncc(-c2ccc3c(c2)C(C(=O)NC2CCC2)=NCNC3)c1. The summed E-state index contributed by atoms with van der Waals surface area (Å²) >= 11 is 0. The summed E-state index contributed by atoms with van der Waals surface area (Å²) < 4.78 is 0. The lowest BCUT2D eigenvalue weighted by molar-refractivity contribution is -0.115. The predicted molar refractivity (Wildman–Crippen MR) is 98.1 cm³/mol. The van der Waals surface area contributed by atoms with E-state index in [1.807, 2.05) is 24.3 Å². The number of nitrogens with zero attached hydrogens (tertiary/aromatic N) is 2. The Hall–Kier alpha value is -2.73. The lowest BCUT2D eigenvalue weighted by atomic mass is 9.92. The average molecular weight is 335 g/mol. The van der Waals surface area contributed by atoms with Gasteiger partial charge in [0.2, 0.25) is 0 Å². The van der Waals surface area contributed by atoms with Crippen LogP contribution in [0.5, 0.6) is 0 Å². The Morgan fingerprint density at radius 3 is 2.84 bits per heavy atom. The van der Waals surface area contributed by atoms with Crippen LogP contribution in [0.3, 0.4) is 0 Å². The molecule has 0 radical (unpaired) electrons. The number of pyridine rings is 1. The highest BCUT2D eigenvalue weighted by Gasteiger charge is 2.25. The van der Waals surface area contributed by atoms with E-state index >= 15 is 0 Å². The number of benzene rings is 1. The molecule has 0 saturated heterocycles. The minimum atomic E-state index is -0.0856. The standard InChI is InChI=1S/C19H21N5O/c20-15-6-14(9-21-10-15)12-4-5-13-8-22-11-23-18(17(13)7-12)19(25)24-16-2-1-3-16/h4-7,9-10,16,22H,1-3,8,11,20H2,(H,24,25). The minimum absolute atomic E-state index is 0.0856. The maximum Gasteiger partial charge on any atom is 0.270 e. The van der Waals surface area contributed by atoms with E-state index in [1.54, 1.807) is 12.4 Å². The molecule has 1 aliphatic carbocycles. The smallest absolute Gasteiger partial charge is 0.270 e. The van der Waals surface area contributed by atoms with E-state index in [9.17, 15) is 4.79 Å². The fourth-order valence-corrected chi connectivity index (χ4v) is 3.16. The molecule has 0 unspecified atom stereocenters. The number of nitrogen functional groups attached to an aromatic ring is 1. The van der Waals surface area contributed by atoms with Gasteiger partial charge in [-0.15, -0.1) is 0 Å². The van der Waals surface area contributed by atoms with Crippen LogP contribution in [0.4, 0.5) is 5.69 Å². The summed E-state index contributed by atoms with van der Waals surface area (Å²) in [6, 6.07) is 8.26. The van der Waals surface area contributed by atoms with Crippen LogP contribution in [-0.2, 0) is 11.3 Å². The van der Waals surface area contributed by atoms with Gasteiger partial charge in [0, 0.05) is 36.1 Å². The summed E-state index contributed by atoms with van der Waals surface area (Å²) in [6.07, 6.45) is 6.69. The highest BCUT2D eigenvalue weighted by molar-refractivity contribution is 6.45. The molecule has 25 heavy (non-hydrogen) atoms. The normalized spacial score (nSPS) is 17.0. The predicted octanol–water partition coefficient (Wildman–Crippen LogP) is 1.85. The first kappa shape index (κ1) is 15.8. The third kappa shape index (κ3) is 3.25. The summed E-state index contributed by atoms with van der Waals surface area (Å²) in [6.45, 7) is 1.13. The molecule has 2 heterocycles. The van der Waals surface area contributed by atoms with Gasteiger partial charge in [-0.1, -0.05) is 12.1 Å². The second kappa shape index (κ2) is 6.64. The van der Waals surface area contributed by atoms with Gasteiger partial charge in [0.25, 0.3) is 5.91 Å². The van der Waals surface area contributed by atoms with Crippen molar-refractivity contribution in [3.8, 4) is 11.1 Å². The molecule has 4 N–H and O–H groups in total. The van der Waals surface area contributed by atoms with Crippen LogP contribution in [0.2, 0.25) is 0 Å². The zero-order valence-electron chi connectivity index (χ0n) is 14.0. The van der Waals surface area contributed by atoms with Crippen molar-refractivity contribution in [3.05, 3.63) is 47.8 Å². The highest BCUT2D eigenvalue weighted by atomic mass is 16.2. The molecule has 1 saturated carbocycles. The molecule has 128 valence electrons. The monoisotopic (exact) mass is 335 g/mol. The number of carbonyl (C=O) groups excluding carboxylic acids is 1. The highest BCUT2D eigenvalue weighted by Crippen LogP contribution is 2.25. The number of amides is 1. The molecule has 1 aromatic carbocycles. The fraction of sp³-hybridized carbons (Fsp3) is 0.316. The molecule has 6 nitrogen and oxygen atoms in total. The Balaban J connectivity index is 1.71. The third-order valence-electron chi connectivity index (χ3n) is 4.78. The van der Waals surface area contributed by atoms with E-state index in [0.29, 0.717) is 24.6 Å². The summed E-state index contributed by atoms with van der Waals surface area (Å²) in [5.74, 6) is -0.0856. The van der Waals surface area contributed by atoms with E-state index in [2.05, 4.69) is 20.6 Å². The molecule has 1 aliphatic heterocycles. The topological polar surface area (TPSA) is 92.4 Å². The molecule has 1 amide bonds. The molecule has 2 aromatic rings. The molecular formula is C19H21N5O. The molecular weight excluding hydrogens is 314 g/mol. The first-order chi connectivity index (χ1) is 12.2. The van der Waals surface area contributed by atoms with Gasteiger partial charge in [-0.2, -0.15) is 0 Å². The van der Waals surface area contributed by atoms with Crippen LogP contribution in [0, 0.1) is 0 Å². The van der Waals surface area contributed by atoms with Gasteiger partial charge in [0.15, 0.2) is 0 Å². The number of hydrogen-bond donors (Lipinski definition) is 3. The van der Waals surface area contributed by atoms with E-state index in [4.69, 9.17) is 5.73 Å². The summed E-state index contributed by atoms with van der Waals surface area (Å²) in [5, 5.41) is 6.33. The van der Waals surface area contributed by atoms with Crippen molar-refractivity contribution in [3.63, 3.8) is 0 Å². The molecule has 4 rings (SSSR count). The van der Waals surface area contributed by atoms with Crippen molar-refractivity contribution in [2.75, 3.05) is 12.4 Å². The van der Waals surface area contributed by atoms with Crippen LogP contribution in [0.15, 0.2) is 41.7 Å². The van der Waals surface area contributed by atoms with Crippen LogP contribution < -0.4 is 16.4 Å². The molecule has 1 fully saturated rings. The first-order valence-corrected chi connectivity index (χ1v) is 8.61. The van der Waals surface area contributed by atoms with E-state index < -0.39 is 0 Å². The first-order valence-electron chi connectivity index (χ1n) is 8.61. The lowest BCUT2D eigenvalue weighted by Gasteiger charge is -2.26. The summed E-state index contributed by atoms with van der Waals surface area (Å²) in [5.41, 5.74) is 10.8. The third-order valence-corrected chi connectivity index (χ3v) is 4.78. The Morgan fingerprint density at radius 1 is 1.20 bits per heavy atom. The zero-order chi connectivity index (χ0) is 17.2. The maximum atomic E-state index is 12.7. The fourth-order valence-electron chi connectivity index (χ4n) is 3.16. The number of anilines is 1. The van der Waals surface area contributed by atoms with Gasteiger partial charge in [-0.05, 0) is 42.5 Å². The Morgan fingerprint density at radius 2 is 2.08 bits per heavy atom. The Kier molecular flexibility index (Phi) is 4.19.